The average Bonchev–Trinajstić information content (AvgIpc) is 2.17. The number of carbonyl (C=O) groups excluding carboxylic acids is 1. The molecule has 1 rings (SSSR count). The molecule has 88 valence electrons. The van der Waals surface area contributed by atoms with Gasteiger partial charge < -0.3 is 4.74 Å². The van der Waals surface area contributed by atoms with Gasteiger partial charge in [-0.05, 0) is 58.2 Å². The summed E-state index contributed by atoms with van der Waals surface area (Å²) in [7, 11) is 0. The Kier molecular flexibility index (Phi) is 5.28. The lowest BCUT2D eigenvalue weighted by molar-refractivity contribution is 0.0524. The molecule has 0 aliphatic carbocycles. The Hall–Kier alpha value is -0.0600. The van der Waals surface area contributed by atoms with Crippen LogP contribution >= 0.6 is 45.2 Å². The number of carbonyl (C=O) groups is 1. The number of rotatable bonds is 3. The standard InChI is InChI=1S/C9H7F2I2NO2/c1-2-16-9(15)5-3-4(6(10)11)7(12)14-8(5)13/h3,6H,2H2,1H3. The molecule has 7 heteroatoms. The van der Waals surface area contributed by atoms with Crippen molar-refractivity contribution in [2.45, 2.75) is 13.3 Å². The lowest BCUT2D eigenvalue weighted by Crippen LogP contribution is -2.10. The van der Waals surface area contributed by atoms with Gasteiger partial charge in [-0.15, -0.1) is 0 Å². The van der Waals surface area contributed by atoms with Gasteiger partial charge in [0, 0.05) is 0 Å². The highest BCUT2D eigenvalue weighted by Gasteiger charge is 2.20. The first kappa shape index (κ1) is 14.0. The van der Waals surface area contributed by atoms with Crippen LogP contribution in [0.25, 0.3) is 0 Å². The van der Waals surface area contributed by atoms with Crippen LogP contribution in [0.15, 0.2) is 6.07 Å². The summed E-state index contributed by atoms with van der Waals surface area (Å²) in [6.45, 7) is 1.85. The van der Waals surface area contributed by atoms with Crippen LogP contribution in [0.2, 0.25) is 0 Å². The third-order valence-corrected chi connectivity index (χ3v) is 3.37. The largest absolute Gasteiger partial charge is 0.462 e. The maximum Gasteiger partial charge on any atom is 0.340 e. The van der Waals surface area contributed by atoms with Crippen LogP contribution in [0, 0.1) is 7.40 Å². The van der Waals surface area contributed by atoms with Crippen LogP contribution < -0.4 is 0 Å². The predicted octanol–water partition coefficient (Wildman–Crippen LogP) is 3.41. The van der Waals surface area contributed by atoms with Crippen LogP contribution in [0.4, 0.5) is 8.78 Å². The molecule has 0 spiro atoms. The van der Waals surface area contributed by atoms with Gasteiger partial charge in [0.25, 0.3) is 6.43 Å². The summed E-state index contributed by atoms with van der Waals surface area (Å²) in [6.07, 6.45) is -2.65. The van der Waals surface area contributed by atoms with Gasteiger partial charge in [-0.2, -0.15) is 0 Å². The van der Waals surface area contributed by atoms with E-state index in [1.165, 1.54) is 0 Å². The number of esters is 1. The maximum absolute atomic E-state index is 12.6. The minimum atomic E-state index is -2.65. The number of ether oxygens (including phenoxy) is 1. The van der Waals surface area contributed by atoms with Crippen molar-refractivity contribution in [3.63, 3.8) is 0 Å². The number of hydrogen-bond donors (Lipinski definition) is 0. The molecule has 1 aromatic rings. The van der Waals surface area contributed by atoms with E-state index in [1.807, 2.05) is 22.6 Å². The Bertz CT molecular complexity index is 413. The summed E-state index contributed by atoms with van der Waals surface area (Å²) in [6, 6.07) is 1.14. The summed E-state index contributed by atoms with van der Waals surface area (Å²) in [5.41, 5.74) is -0.165. The molecule has 0 radical (unpaired) electrons. The molecule has 0 saturated carbocycles. The number of alkyl halides is 2. The summed E-state index contributed by atoms with van der Waals surface area (Å²) in [5.74, 6) is -0.627. The van der Waals surface area contributed by atoms with Gasteiger partial charge in [0.1, 0.15) is 7.40 Å². The molecular formula is C9H7F2I2NO2. The fraction of sp³-hybridized carbons (Fsp3) is 0.333. The highest BCUT2D eigenvalue weighted by atomic mass is 127. The molecule has 0 atom stereocenters. The molecular weight excluding hydrogens is 446 g/mol. The fourth-order valence-electron chi connectivity index (χ4n) is 0.991. The van der Waals surface area contributed by atoms with E-state index < -0.39 is 12.4 Å². The van der Waals surface area contributed by atoms with E-state index in [-0.39, 0.29) is 21.4 Å². The predicted molar refractivity (Wildman–Crippen MR) is 70.6 cm³/mol. The molecule has 3 nitrogen and oxygen atoms in total. The fourth-order valence-corrected chi connectivity index (χ4v) is 2.70. The molecule has 0 saturated heterocycles. The number of hydrogen-bond acceptors (Lipinski definition) is 3. The second-order valence-electron chi connectivity index (χ2n) is 2.73. The first-order valence-electron chi connectivity index (χ1n) is 4.28. The van der Waals surface area contributed by atoms with Gasteiger partial charge in [0.2, 0.25) is 0 Å². The molecule has 0 N–H and O–H groups in total. The van der Waals surface area contributed by atoms with E-state index in [1.54, 1.807) is 29.5 Å². The minimum Gasteiger partial charge on any atom is -0.462 e. The third-order valence-electron chi connectivity index (χ3n) is 1.69. The van der Waals surface area contributed by atoms with Crippen LogP contribution in [-0.2, 0) is 4.74 Å². The molecule has 0 aliphatic heterocycles. The van der Waals surface area contributed by atoms with E-state index in [9.17, 15) is 13.6 Å². The van der Waals surface area contributed by atoms with Crippen molar-refractivity contribution in [2.75, 3.05) is 6.61 Å². The average molecular weight is 453 g/mol. The zero-order chi connectivity index (χ0) is 12.3. The second kappa shape index (κ2) is 6.03. The molecule has 0 fully saturated rings. The second-order valence-corrected chi connectivity index (χ2v) is 4.77. The molecule has 0 aliphatic rings. The SMILES string of the molecule is CCOC(=O)c1cc(C(F)F)c(I)nc1I. The van der Waals surface area contributed by atoms with Crippen molar-refractivity contribution in [1.82, 2.24) is 4.98 Å². The molecule has 16 heavy (non-hydrogen) atoms. The van der Waals surface area contributed by atoms with Crippen LogP contribution in [0.3, 0.4) is 0 Å². The Balaban J connectivity index is 3.19. The maximum atomic E-state index is 12.6. The Labute approximate surface area is 118 Å². The van der Waals surface area contributed by atoms with Crippen molar-refractivity contribution >= 4 is 51.2 Å². The van der Waals surface area contributed by atoms with Gasteiger partial charge in [-0.3, -0.25) is 0 Å². The zero-order valence-electron chi connectivity index (χ0n) is 8.14. The summed E-state index contributed by atoms with van der Waals surface area (Å²) in [4.78, 5) is 15.3. The molecule has 0 unspecified atom stereocenters. The highest BCUT2D eigenvalue weighted by Crippen LogP contribution is 2.26. The van der Waals surface area contributed by atoms with Crippen LogP contribution in [-0.4, -0.2) is 17.6 Å². The van der Waals surface area contributed by atoms with E-state index in [4.69, 9.17) is 4.74 Å². The van der Waals surface area contributed by atoms with Crippen molar-refractivity contribution < 1.29 is 18.3 Å². The zero-order valence-corrected chi connectivity index (χ0v) is 12.5. The summed E-state index contributed by atoms with van der Waals surface area (Å²) >= 11 is 3.53. The van der Waals surface area contributed by atoms with Gasteiger partial charge in [0.05, 0.1) is 17.7 Å². The Morgan fingerprint density at radius 2 is 2.12 bits per heavy atom. The Morgan fingerprint density at radius 3 is 2.62 bits per heavy atom. The normalized spacial score (nSPS) is 10.6. The molecule has 1 aromatic heterocycles. The van der Waals surface area contributed by atoms with Crippen LogP contribution in [0.1, 0.15) is 29.3 Å². The first-order chi connectivity index (χ1) is 7.47. The molecule has 1 heterocycles. The number of nitrogens with zero attached hydrogens (tertiary/aromatic N) is 1. The minimum absolute atomic E-state index is 0.0816. The van der Waals surface area contributed by atoms with Crippen molar-refractivity contribution in [1.29, 1.82) is 0 Å². The number of halogens is 4. The first-order valence-corrected chi connectivity index (χ1v) is 6.44. The van der Waals surface area contributed by atoms with E-state index in [0.29, 0.717) is 3.70 Å². The third kappa shape index (κ3) is 3.22. The molecule has 0 aromatic carbocycles. The highest BCUT2D eigenvalue weighted by molar-refractivity contribution is 14.1. The molecule has 0 amide bonds. The van der Waals surface area contributed by atoms with Crippen LogP contribution in [0.5, 0.6) is 0 Å². The monoisotopic (exact) mass is 453 g/mol. The number of aromatic nitrogens is 1. The smallest absolute Gasteiger partial charge is 0.340 e. The van der Waals surface area contributed by atoms with Gasteiger partial charge in [-0.1, -0.05) is 0 Å². The number of pyridine rings is 1. The summed E-state index contributed by atoms with van der Waals surface area (Å²) < 4.78 is 30.5. The Morgan fingerprint density at radius 1 is 1.50 bits per heavy atom. The molecule has 0 bridgehead atoms. The van der Waals surface area contributed by atoms with Gasteiger partial charge in [-0.25, -0.2) is 18.6 Å². The topological polar surface area (TPSA) is 39.2 Å². The van der Waals surface area contributed by atoms with Gasteiger partial charge >= 0.3 is 5.97 Å². The quantitative estimate of drug-likeness (QED) is 0.401. The van der Waals surface area contributed by atoms with Crippen molar-refractivity contribution in [3.05, 3.63) is 24.6 Å². The van der Waals surface area contributed by atoms with Crippen molar-refractivity contribution in [3.8, 4) is 0 Å². The van der Waals surface area contributed by atoms with E-state index in [2.05, 4.69) is 4.98 Å². The van der Waals surface area contributed by atoms with E-state index in [0.717, 1.165) is 6.07 Å². The van der Waals surface area contributed by atoms with E-state index >= 15 is 0 Å². The van der Waals surface area contributed by atoms with Gasteiger partial charge in [0.15, 0.2) is 0 Å². The van der Waals surface area contributed by atoms with Crippen molar-refractivity contribution in [2.24, 2.45) is 0 Å². The lowest BCUT2D eigenvalue weighted by Gasteiger charge is -2.08. The lowest BCUT2D eigenvalue weighted by atomic mass is 10.2. The summed E-state index contributed by atoms with van der Waals surface area (Å²) in [5, 5.41) is 0.